The van der Waals surface area contributed by atoms with E-state index in [2.05, 4.69) is 21.2 Å². The van der Waals surface area contributed by atoms with E-state index in [9.17, 15) is 4.39 Å². The van der Waals surface area contributed by atoms with Gasteiger partial charge in [0.2, 0.25) is 0 Å². The molecule has 0 unspecified atom stereocenters. The number of benzene rings is 1. The van der Waals surface area contributed by atoms with Gasteiger partial charge in [0.15, 0.2) is 0 Å². The van der Waals surface area contributed by atoms with Crippen LogP contribution in [0.25, 0.3) is 0 Å². The molecule has 4 heteroatoms. The summed E-state index contributed by atoms with van der Waals surface area (Å²) in [6.45, 7) is 1.58. The van der Waals surface area contributed by atoms with Gasteiger partial charge in [-0.2, -0.15) is 0 Å². The molecule has 94 valence electrons. The van der Waals surface area contributed by atoms with Crippen LogP contribution in [-0.2, 0) is 11.3 Å². The highest BCUT2D eigenvalue weighted by atomic mass is 79.9. The number of ether oxygens (including phenoxy) is 1. The molecule has 0 saturated heterocycles. The summed E-state index contributed by atoms with van der Waals surface area (Å²) < 4.78 is 19.2. The van der Waals surface area contributed by atoms with Gasteiger partial charge in [-0.3, -0.25) is 0 Å². The van der Waals surface area contributed by atoms with E-state index in [-0.39, 0.29) is 11.4 Å². The standard InChI is InChI=1S/C13H17BrFNO/c1-17-13(5-2-6-13)9-16-8-10-3-4-11(15)7-12(10)14/h3-4,7,16H,2,5-6,8-9H2,1H3. The predicted octanol–water partition coefficient (Wildman–Crippen LogP) is 3.25. The lowest BCUT2D eigenvalue weighted by atomic mass is 9.80. The van der Waals surface area contributed by atoms with E-state index in [0.717, 1.165) is 36.0 Å². The van der Waals surface area contributed by atoms with Crippen molar-refractivity contribution in [1.82, 2.24) is 5.32 Å². The van der Waals surface area contributed by atoms with Gasteiger partial charge < -0.3 is 10.1 Å². The molecule has 1 fully saturated rings. The predicted molar refractivity (Wildman–Crippen MR) is 69.4 cm³/mol. The molecule has 0 aliphatic heterocycles. The highest BCUT2D eigenvalue weighted by Crippen LogP contribution is 2.34. The Bertz CT molecular complexity index is 387. The maximum absolute atomic E-state index is 12.9. The van der Waals surface area contributed by atoms with E-state index in [1.54, 1.807) is 13.2 Å². The van der Waals surface area contributed by atoms with E-state index in [1.807, 2.05) is 0 Å². The lowest BCUT2D eigenvalue weighted by Gasteiger charge is -2.40. The molecule has 1 aliphatic rings. The average molecular weight is 302 g/mol. The number of hydrogen-bond acceptors (Lipinski definition) is 2. The first-order valence-corrected chi connectivity index (χ1v) is 6.64. The zero-order chi connectivity index (χ0) is 12.3. The Morgan fingerprint density at radius 2 is 2.24 bits per heavy atom. The second kappa shape index (κ2) is 5.46. The molecule has 17 heavy (non-hydrogen) atoms. The Balaban J connectivity index is 1.85. The number of hydrogen-bond donors (Lipinski definition) is 1. The van der Waals surface area contributed by atoms with Gasteiger partial charge >= 0.3 is 0 Å². The molecule has 0 aromatic heterocycles. The monoisotopic (exact) mass is 301 g/mol. The van der Waals surface area contributed by atoms with E-state index >= 15 is 0 Å². The van der Waals surface area contributed by atoms with Crippen molar-refractivity contribution in [3.8, 4) is 0 Å². The summed E-state index contributed by atoms with van der Waals surface area (Å²) in [6.07, 6.45) is 3.50. The summed E-state index contributed by atoms with van der Waals surface area (Å²) in [7, 11) is 1.77. The van der Waals surface area contributed by atoms with Gasteiger partial charge in [-0.05, 0) is 37.0 Å². The number of nitrogens with one attached hydrogen (secondary N) is 1. The second-order valence-electron chi connectivity index (χ2n) is 4.58. The summed E-state index contributed by atoms with van der Waals surface area (Å²) >= 11 is 3.36. The van der Waals surface area contributed by atoms with Gasteiger partial charge in [0.05, 0.1) is 5.60 Å². The van der Waals surface area contributed by atoms with Crippen LogP contribution in [0.2, 0.25) is 0 Å². The van der Waals surface area contributed by atoms with E-state index < -0.39 is 0 Å². The van der Waals surface area contributed by atoms with Crippen molar-refractivity contribution in [3.63, 3.8) is 0 Å². The van der Waals surface area contributed by atoms with Gasteiger partial charge in [-0.1, -0.05) is 22.0 Å². The van der Waals surface area contributed by atoms with Crippen LogP contribution in [0, 0.1) is 5.82 Å². The third-order valence-corrected chi connectivity index (χ3v) is 4.21. The first-order valence-electron chi connectivity index (χ1n) is 5.85. The van der Waals surface area contributed by atoms with Gasteiger partial charge in [0.25, 0.3) is 0 Å². The molecule has 0 atom stereocenters. The fourth-order valence-corrected chi connectivity index (χ4v) is 2.61. The molecule has 1 N–H and O–H groups in total. The Hall–Kier alpha value is -0.450. The molecule has 1 aromatic carbocycles. The summed E-state index contributed by atoms with van der Waals surface area (Å²) in [4.78, 5) is 0. The summed E-state index contributed by atoms with van der Waals surface area (Å²) in [5, 5.41) is 3.38. The maximum Gasteiger partial charge on any atom is 0.124 e. The summed E-state index contributed by atoms with van der Waals surface area (Å²) in [5.74, 6) is -0.215. The smallest absolute Gasteiger partial charge is 0.124 e. The third-order valence-electron chi connectivity index (χ3n) is 3.48. The zero-order valence-electron chi connectivity index (χ0n) is 9.93. The first-order chi connectivity index (χ1) is 8.15. The average Bonchev–Trinajstić information content (AvgIpc) is 2.25. The zero-order valence-corrected chi connectivity index (χ0v) is 11.5. The first kappa shape index (κ1) is 13.0. The van der Waals surface area contributed by atoms with Gasteiger partial charge in [0, 0.05) is 24.7 Å². The molecule has 0 spiro atoms. The molecule has 1 aliphatic carbocycles. The molecule has 2 nitrogen and oxygen atoms in total. The van der Waals surface area contributed by atoms with E-state index in [4.69, 9.17) is 4.74 Å². The molecule has 2 rings (SSSR count). The minimum absolute atomic E-state index is 0.0342. The Labute approximate surface area is 110 Å². The molecular weight excluding hydrogens is 285 g/mol. The van der Waals surface area contributed by atoms with Crippen molar-refractivity contribution in [2.24, 2.45) is 0 Å². The fraction of sp³-hybridized carbons (Fsp3) is 0.538. The summed E-state index contributed by atoms with van der Waals surface area (Å²) in [5.41, 5.74) is 1.10. The number of methoxy groups -OCH3 is 1. The fourth-order valence-electron chi connectivity index (χ4n) is 2.11. The van der Waals surface area contributed by atoms with Crippen LogP contribution in [0.1, 0.15) is 24.8 Å². The Morgan fingerprint density at radius 3 is 2.76 bits per heavy atom. The van der Waals surface area contributed by atoms with Gasteiger partial charge in [0.1, 0.15) is 5.82 Å². The van der Waals surface area contributed by atoms with Crippen molar-refractivity contribution in [1.29, 1.82) is 0 Å². The van der Waals surface area contributed by atoms with E-state index in [1.165, 1.54) is 18.6 Å². The molecular formula is C13H17BrFNO. The van der Waals surface area contributed by atoms with Crippen molar-refractivity contribution in [2.75, 3.05) is 13.7 Å². The van der Waals surface area contributed by atoms with Crippen LogP contribution in [-0.4, -0.2) is 19.3 Å². The van der Waals surface area contributed by atoms with Crippen molar-refractivity contribution < 1.29 is 9.13 Å². The quantitative estimate of drug-likeness (QED) is 0.901. The van der Waals surface area contributed by atoms with Crippen molar-refractivity contribution in [3.05, 3.63) is 34.1 Å². The Morgan fingerprint density at radius 1 is 1.47 bits per heavy atom. The van der Waals surface area contributed by atoms with Gasteiger partial charge in [-0.25, -0.2) is 4.39 Å². The van der Waals surface area contributed by atoms with Crippen LogP contribution < -0.4 is 5.32 Å². The largest absolute Gasteiger partial charge is 0.377 e. The highest BCUT2D eigenvalue weighted by molar-refractivity contribution is 9.10. The molecule has 0 amide bonds. The van der Waals surface area contributed by atoms with Crippen LogP contribution in [0.5, 0.6) is 0 Å². The topological polar surface area (TPSA) is 21.3 Å². The highest BCUT2D eigenvalue weighted by Gasteiger charge is 2.36. The number of rotatable bonds is 5. The van der Waals surface area contributed by atoms with Crippen LogP contribution in [0.4, 0.5) is 4.39 Å². The molecule has 0 bridgehead atoms. The van der Waals surface area contributed by atoms with Crippen LogP contribution in [0.15, 0.2) is 22.7 Å². The second-order valence-corrected chi connectivity index (χ2v) is 5.43. The molecule has 1 aromatic rings. The summed E-state index contributed by atoms with van der Waals surface area (Å²) in [6, 6.07) is 4.77. The minimum Gasteiger partial charge on any atom is -0.377 e. The van der Waals surface area contributed by atoms with Gasteiger partial charge in [-0.15, -0.1) is 0 Å². The van der Waals surface area contributed by atoms with Crippen molar-refractivity contribution >= 4 is 15.9 Å². The van der Waals surface area contributed by atoms with E-state index in [0.29, 0.717) is 0 Å². The van der Waals surface area contributed by atoms with Crippen molar-refractivity contribution in [2.45, 2.75) is 31.4 Å². The third kappa shape index (κ3) is 3.06. The number of halogens is 2. The minimum atomic E-state index is -0.215. The maximum atomic E-state index is 12.9. The SMILES string of the molecule is COC1(CNCc2ccc(F)cc2Br)CCC1. The molecule has 1 saturated carbocycles. The Kier molecular flexibility index (Phi) is 4.17. The molecule has 0 heterocycles. The molecule has 0 radical (unpaired) electrons. The lowest BCUT2D eigenvalue weighted by Crippen LogP contribution is -2.47. The van der Waals surface area contributed by atoms with Crippen LogP contribution in [0.3, 0.4) is 0 Å². The normalized spacial score (nSPS) is 17.8. The van der Waals surface area contributed by atoms with Crippen LogP contribution >= 0.6 is 15.9 Å². The lowest BCUT2D eigenvalue weighted by molar-refractivity contribution is -0.0695.